The Bertz CT molecular complexity index is 1810. The number of pyridine rings is 1. The Kier molecular flexibility index (Phi) is 8.74. The number of amides is 2. The van der Waals surface area contributed by atoms with Crippen molar-refractivity contribution in [3.05, 3.63) is 132 Å². The molecule has 2 aliphatic heterocycles. The topological polar surface area (TPSA) is 109 Å². The first-order valence-electron chi connectivity index (χ1n) is 16.0. The lowest BCUT2D eigenvalue weighted by atomic mass is 9.58. The van der Waals surface area contributed by atoms with E-state index in [0.717, 1.165) is 28.0 Å². The normalized spacial score (nSPS) is 22.7. The number of fused-ring (bicyclic) bond motifs is 3. The van der Waals surface area contributed by atoms with Crippen molar-refractivity contribution in [3.8, 4) is 11.5 Å². The molecule has 0 radical (unpaired) electrons. The summed E-state index contributed by atoms with van der Waals surface area (Å²) in [5.74, 6) is -1.10. The zero-order chi connectivity index (χ0) is 32.3. The van der Waals surface area contributed by atoms with Gasteiger partial charge in [-0.05, 0) is 108 Å². The van der Waals surface area contributed by atoms with E-state index in [1.807, 2.05) is 78.9 Å². The summed E-state index contributed by atoms with van der Waals surface area (Å²) in [6.07, 6.45) is 4.87. The summed E-state index contributed by atoms with van der Waals surface area (Å²) in [6, 6.07) is 31.3. The zero-order valence-corrected chi connectivity index (χ0v) is 25.8. The van der Waals surface area contributed by atoms with E-state index in [0.29, 0.717) is 30.7 Å². The van der Waals surface area contributed by atoms with Crippen LogP contribution in [0.25, 0.3) is 11.6 Å². The maximum Gasteiger partial charge on any atom is 0.455 e. The van der Waals surface area contributed by atoms with Gasteiger partial charge in [-0.2, -0.15) is 0 Å². The van der Waals surface area contributed by atoms with Crippen LogP contribution in [0.4, 0.5) is 5.69 Å². The molecule has 9 heteroatoms. The molecule has 3 heterocycles. The molecule has 3 aliphatic rings. The highest BCUT2D eigenvalue weighted by molar-refractivity contribution is 6.43. The molecule has 0 spiro atoms. The number of hydrogen-bond acceptors (Lipinski definition) is 7. The molecule has 236 valence electrons. The maximum atomic E-state index is 14.1. The maximum absolute atomic E-state index is 14.1. The van der Waals surface area contributed by atoms with Gasteiger partial charge < -0.3 is 19.5 Å². The Morgan fingerprint density at radius 2 is 1.70 bits per heavy atom. The summed E-state index contributed by atoms with van der Waals surface area (Å²) < 4.78 is 12.5. The highest BCUT2D eigenvalue weighted by Gasteiger charge is 2.57. The Hall–Kier alpha value is -4.99. The van der Waals surface area contributed by atoms with E-state index >= 15 is 0 Å². The van der Waals surface area contributed by atoms with Gasteiger partial charge in [-0.1, -0.05) is 54.6 Å². The Morgan fingerprint density at radius 3 is 2.45 bits per heavy atom. The number of imide groups is 1. The van der Waals surface area contributed by atoms with Crippen molar-refractivity contribution in [2.24, 2.45) is 17.8 Å². The van der Waals surface area contributed by atoms with Crippen LogP contribution >= 0.6 is 0 Å². The number of allylic oxidation sites excluding steroid dienone is 1. The van der Waals surface area contributed by atoms with E-state index < -0.39 is 25.1 Å². The predicted molar refractivity (Wildman–Crippen MR) is 180 cm³/mol. The fraction of sp³-hybridized carbons (Fsp3) is 0.237. The first-order chi connectivity index (χ1) is 23.0. The van der Waals surface area contributed by atoms with E-state index in [4.69, 9.17) is 9.39 Å². The second-order valence-corrected chi connectivity index (χ2v) is 12.3. The molecular formula is C38H35BN2O6. The third kappa shape index (κ3) is 6.37. The minimum atomic E-state index is -1.09. The highest BCUT2D eigenvalue weighted by atomic mass is 16.5. The fourth-order valence-electron chi connectivity index (χ4n) is 7.34. The van der Waals surface area contributed by atoms with Crippen LogP contribution in [-0.4, -0.2) is 46.8 Å². The van der Waals surface area contributed by atoms with Gasteiger partial charge >= 0.3 is 7.12 Å². The molecule has 1 aromatic heterocycles. The van der Waals surface area contributed by atoms with Crippen molar-refractivity contribution in [1.29, 1.82) is 0 Å². The van der Waals surface area contributed by atoms with Gasteiger partial charge in [0.15, 0.2) is 0 Å². The Morgan fingerprint density at radius 1 is 0.936 bits per heavy atom. The van der Waals surface area contributed by atoms with Crippen LogP contribution in [0.3, 0.4) is 0 Å². The number of aromatic nitrogens is 1. The second kappa shape index (κ2) is 13.4. The minimum Gasteiger partial charge on any atom is -0.508 e. The van der Waals surface area contributed by atoms with Gasteiger partial charge in [0.1, 0.15) is 18.1 Å². The molecule has 2 saturated heterocycles. The number of aromatic hydroxyl groups is 1. The molecule has 8 nitrogen and oxygen atoms in total. The molecule has 2 amide bonds. The number of carbonyl (C=O) groups is 2. The number of phenols is 1. The number of benzene rings is 3. The number of rotatable bonds is 9. The van der Waals surface area contributed by atoms with Gasteiger partial charge in [-0.15, -0.1) is 0 Å². The average Bonchev–Trinajstić information content (AvgIpc) is 3.35. The largest absolute Gasteiger partial charge is 0.508 e. The quantitative estimate of drug-likeness (QED) is 0.130. The van der Waals surface area contributed by atoms with Crippen molar-refractivity contribution in [3.63, 3.8) is 0 Å². The number of carbonyl (C=O) groups excluding carboxylic acids is 2. The molecule has 0 saturated carbocycles. The third-order valence-electron chi connectivity index (χ3n) is 9.36. The number of ether oxygens (including phenoxy) is 1. The van der Waals surface area contributed by atoms with Crippen LogP contribution in [0.5, 0.6) is 11.5 Å². The zero-order valence-electron chi connectivity index (χ0n) is 25.8. The molecule has 7 rings (SSSR count). The smallest absolute Gasteiger partial charge is 0.455 e. The molecule has 4 atom stereocenters. The number of anilines is 1. The van der Waals surface area contributed by atoms with E-state index in [1.165, 1.54) is 4.90 Å². The minimum absolute atomic E-state index is 0.172. The van der Waals surface area contributed by atoms with Crippen molar-refractivity contribution < 1.29 is 29.1 Å². The van der Waals surface area contributed by atoms with Crippen molar-refractivity contribution >= 4 is 36.3 Å². The number of para-hydroxylation sites is 2. The van der Waals surface area contributed by atoms with Gasteiger partial charge in [0.2, 0.25) is 11.8 Å². The van der Waals surface area contributed by atoms with Gasteiger partial charge in [-0.25, -0.2) is 0 Å². The summed E-state index contributed by atoms with van der Waals surface area (Å²) in [4.78, 5) is 33.9. The average molecular weight is 627 g/mol. The lowest BCUT2D eigenvalue weighted by Crippen LogP contribution is -2.46. The Labute approximate surface area is 274 Å². The van der Waals surface area contributed by atoms with Crippen LogP contribution in [0, 0.1) is 17.8 Å². The lowest BCUT2D eigenvalue weighted by molar-refractivity contribution is -0.122. The first-order valence-corrected chi connectivity index (χ1v) is 16.0. The molecule has 0 bridgehead atoms. The van der Waals surface area contributed by atoms with Crippen LogP contribution in [0.1, 0.15) is 30.5 Å². The van der Waals surface area contributed by atoms with Gasteiger partial charge in [0.05, 0.1) is 29.3 Å². The van der Waals surface area contributed by atoms with E-state index in [-0.39, 0.29) is 36.4 Å². The van der Waals surface area contributed by atoms with Crippen LogP contribution in [0.15, 0.2) is 120 Å². The Balaban J connectivity index is 1.24. The highest BCUT2D eigenvalue weighted by Crippen LogP contribution is 2.51. The molecular weight excluding hydrogens is 591 g/mol. The molecule has 2 N–H and O–H groups in total. The first kappa shape index (κ1) is 30.7. The van der Waals surface area contributed by atoms with Crippen LogP contribution in [0.2, 0.25) is 6.32 Å². The van der Waals surface area contributed by atoms with Crippen molar-refractivity contribution in [2.45, 2.75) is 31.7 Å². The predicted octanol–water partition coefficient (Wildman–Crippen LogP) is 6.19. The number of nitrogens with zero attached hydrogens (tertiary/aromatic N) is 2. The summed E-state index contributed by atoms with van der Waals surface area (Å²) in [5, 5.41) is 21.2. The molecule has 1 aliphatic carbocycles. The summed E-state index contributed by atoms with van der Waals surface area (Å²) in [5.41, 5.74) is 5.01. The second-order valence-electron chi connectivity index (χ2n) is 12.3. The molecule has 2 fully saturated rings. The number of phenolic OH excluding ortho intramolecular Hbond substituents is 1. The van der Waals surface area contributed by atoms with Crippen LogP contribution in [-0.2, 0) is 14.2 Å². The van der Waals surface area contributed by atoms with Crippen LogP contribution < -0.4 is 9.64 Å². The molecule has 3 aromatic carbocycles. The monoisotopic (exact) mass is 626 g/mol. The molecule has 4 aromatic rings. The van der Waals surface area contributed by atoms with Gasteiger partial charge in [-0.3, -0.25) is 19.5 Å². The SMILES string of the molecule is O=C1[C@@H]2[C@@H](CC(COc3ccccc3)=C3[C@@H](CC/C(=C/c4cccc(O)c4)c4ccccn4)OB(O)C[C@@H]32)C(=O)N1c1ccccc1. The molecule has 0 unspecified atom stereocenters. The van der Waals surface area contributed by atoms with E-state index in [2.05, 4.69) is 4.98 Å². The summed E-state index contributed by atoms with van der Waals surface area (Å²) in [7, 11) is -1.09. The summed E-state index contributed by atoms with van der Waals surface area (Å²) >= 11 is 0. The molecule has 47 heavy (non-hydrogen) atoms. The van der Waals surface area contributed by atoms with E-state index in [9.17, 15) is 19.7 Å². The fourth-order valence-corrected chi connectivity index (χ4v) is 7.34. The van der Waals surface area contributed by atoms with E-state index in [1.54, 1.807) is 36.5 Å². The van der Waals surface area contributed by atoms with Gasteiger partial charge in [0.25, 0.3) is 0 Å². The number of hydrogen-bond donors (Lipinski definition) is 2. The standard InChI is InChI=1S/C38H35BN2O6/c42-29-13-9-10-25(21-29)20-26(33-16-7-8-19-40-33)17-18-34-35-27(24-46-30-14-5-2-6-15-30)22-31-36(32(35)23-39(45)47-34)38(44)41(37(31)43)28-11-3-1-4-12-28/h1-16,19-21,31-32,34,36,42,45H,17-18,22-24H2/b26-20-/t31-,32+,34-,36-/m1/s1. The van der Waals surface area contributed by atoms with Crippen molar-refractivity contribution in [2.75, 3.05) is 11.5 Å². The van der Waals surface area contributed by atoms with Crippen molar-refractivity contribution in [1.82, 2.24) is 4.98 Å². The van der Waals surface area contributed by atoms with Gasteiger partial charge in [0, 0.05) is 6.20 Å². The summed E-state index contributed by atoms with van der Waals surface area (Å²) in [6.45, 7) is 0.244. The third-order valence-corrected chi connectivity index (χ3v) is 9.36. The lowest BCUT2D eigenvalue weighted by Gasteiger charge is -2.43.